The smallest absolute Gasteiger partial charge is 0.306 e. The van der Waals surface area contributed by atoms with E-state index in [4.69, 9.17) is 19.7 Å². The zero-order valence-corrected chi connectivity index (χ0v) is 15.3. The molecule has 0 amide bonds. The zero-order chi connectivity index (χ0) is 20.5. The Hall–Kier alpha value is -2.94. The molecule has 0 saturated carbocycles. The van der Waals surface area contributed by atoms with Crippen LogP contribution in [0.15, 0.2) is 30.3 Å². The van der Waals surface area contributed by atoms with Gasteiger partial charge >= 0.3 is 23.9 Å². The number of likely N-dealkylation sites (tertiary alicyclic amines) is 1. The van der Waals surface area contributed by atoms with E-state index in [-0.39, 0.29) is 25.7 Å². The van der Waals surface area contributed by atoms with E-state index in [1.54, 1.807) is 0 Å². The number of hydrogen-bond acceptors (Lipinski definition) is 7. The third-order valence-corrected chi connectivity index (χ3v) is 4.19. The van der Waals surface area contributed by atoms with E-state index in [2.05, 4.69) is 0 Å². The van der Waals surface area contributed by atoms with E-state index in [1.165, 1.54) is 0 Å². The highest BCUT2D eigenvalue weighted by Crippen LogP contribution is 2.21. The molecule has 0 aliphatic carbocycles. The molecule has 1 aromatic rings. The van der Waals surface area contributed by atoms with Crippen LogP contribution in [0.3, 0.4) is 0 Å². The minimum atomic E-state index is -1.11. The van der Waals surface area contributed by atoms with Crippen LogP contribution in [0.4, 0.5) is 0 Å². The molecule has 9 nitrogen and oxygen atoms in total. The molecule has 1 heterocycles. The molecule has 1 aliphatic heterocycles. The number of carbonyl (C=O) groups excluding carboxylic acids is 2. The number of benzene rings is 1. The van der Waals surface area contributed by atoms with Crippen molar-refractivity contribution in [2.24, 2.45) is 0 Å². The normalized spacial score (nSPS) is 19.1. The first-order chi connectivity index (χ1) is 13.3. The number of hydrogen-bond donors (Lipinski definition) is 2. The van der Waals surface area contributed by atoms with E-state index in [1.807, 2.05) is 35.2 Å². The van der Waals surface area contributed by atoms with E-state index in [0.717, 1.165) is 5.56 Å². The standard InChI is InChI=1S/C19H23NO8/c21-16(22)6-8-18(25)27-14-11-20(10-13-4-2-1-3-5-13)12-15(14)28-19(26)9-7-17(23)24/h1-5,14-15H,6-12H2,(H,21,22)(H,23,24)/t14-,15-/m0/s1. The van der Waals surface area contributed by atoms with Crippen molar-refractivity contribution in [2.45, 2.75) is 44.4 Å². The summed E-state index contributed by atoms with van der Waals surface area (Å²) >= 11 is 0. The number of carbonyl (C=O) groups is 4. The minimum absolute atomic E-state index is 0.274. The lowest BCUT2D eigenvalue weighted by Crippen LogP contribution is -2.34. The Morgan fingerprint density at radius 2 is 1.29 bits per heavy atom. The van der Waals surface area contributed by atoms with E-state index in [9.17, 15) is 19.2 Å². The molecule has 28 heavy (non-hydrogen) atoms. The van der Waals surface area contributed by atoms with Crippen molar-refractivity contribution < 1.29 is 38.9 Å². The van der Waals surface area contributed by atoms with Gasteiger partial charge in [-0.2, -0.15) is 0 Å². The summed E-state index contributed by atoms with van der Waals surface area (Å²) < 4.78 is 10.7. The van der Waals surface area contributed by atoms with Crippen LogP contribution in [0.1, 0.15) is 31.2 Å². The maximum absolute atomic E-state index is 11.9. The second-order valence-corrected chi connectivity index (χ2v) is 6.52. The number of nitrogens with zero attached hydrogens (tertiary/aromatic N) is 1. The number of carboxylic acids is 2. The van der Waals surface area contributed by atoms with Gasteiger partial charge in [-0.25, -0.2) is 0 Å². The Kier molecular flexibility index (Phi) is 7.94. The van der Waals surface area contributed by atoms with Gasteiger partial charge < -0.3 is 19.7 Å². The van der Waals surface area contributed by atoms with E-state index in [0.29, 0.717) is 19.6 Å². The lowest BCUT2D eigenvalue weighted by atomic mass is 10.2. The first-order valence-corrected chi connectivity index (χ1v) is 8.92. The predicted octanol–water partition coefficient (Wildman–Crippen LogP) is 1.06. The molecule has 0 bridgehead atoms. The SMILES string of the molecule is O=C(O)CCC(=O)O[C@H]1CN(Cc2ccccc2)C[C@@H]1OC(=O)CCC(=O)O. The van der Waals surface area contributed by atoms with Crippen LogP contribution in [0.5, 0.6) is 0 Å². The van der Waals surface area contributed by atoms with Gasteiger partial charge in [0.1, 0.15) is 0 Å². The van der Waals surface area contributed by atoms with Crippen LogP contribution in [-0.4, -0.2) is 64.3 Å². The molecule has 2 rings (SSSR count). The van der Waals surface area contributed by atoms with Crippen LogP contribution in [0, 0.1) is 0 Å². The van der Waals surface area contributed by atoms with Gasteiger partial charge in [-0.05, 0) is 5.56 Å². The van der Waals surface area contributed by atoms with E-state index >= 15 is 0 Å². The third-order valence-electron chi connectivity index (χ3n) is 4.19. The number of aliphatic carboxylic acids is 2. The lowest BCUT2D eigenvalue weighted by molar-refractivity contribution is -0.165. The summed E-state index contributed by atoms with van der Waals surface area (Å²) in [5, 5.41) is 17.3. The van der Waals surface area contributed by atoms with Gasteiger partial charge in [0.15, 0.2) is 12.2 Å². The molecule has 1 aromatic carbocycles. The quantitative estimate of drug-likeness (QED) is 0.560. The molecule has 0 spiro atoms. The van der Waals surface area contributed by atoms with Crippen molar-refractivity contribution in [3.8, 4) is 0 Å². The van der Waals surface area contributed by atoms with E-state index < -0.39 is 36.1 Å². The Balaban J connectivity index is 1.97. The fraction of sp³-hybridized carbons (Fsp3) is 0.474. The molecule has 1 fully saturated rings. The van der Waals surface area contributed by atoms with Crippen molar-refractivity contribution in [2.75, 3.05) is 13.1 Å². The fourth-order valence-electron chi connectivity index (χ4n) is 2.89. The molecular formula is C19H23NO8. The van der Waals surface area contributed by atoms with Crippen molar-refractivity contribution in [1.82, 2.24) is 4.90 Å². The second kappa shape index (κ2) is 10.4. The molecule has 0 aromatic heterocycles. The molecule has 1 aliphatic rings. The molecule has 152 valence electrons. The third kappa shape index (κ3) is 7.36. The largest absolute Gasteiger partial charge is 0.481 e. The summed E-state index contributed by atoms with van der Waals surface area (Å²) in [7, 11) is 0. The van der Waals surface area contributed by atoms with Gasteiger partial charge in [0.05, 0.1) is 25.7 Å². The van der Waals surface area contributed by atoms with Crippen molar-refractivity contribution in [3.05, 3.63) is 35.9 Å². The van der Waals surface area contributed by atoms with Crippen LogP contribution in [-0.2, 0) is 35.2 Å². The Bertz CT molecular complexity index is 665. The average Bonchev–Trinajstić information content (AvgIpc) is 2.99. The van der Waals surface area contributed by atoms with Gasteiger partial charge in [-0.15, -0.1) is 0 Å². The fourth-order valence-corrected chi connectivity index (χ4v) is 2.89. The highest BCUT2D eigenvalue weighted by molar-refractivity contribution is 5.77. The van der Waals surface area contributed by atoms with Crippen molar-refractivity contribution >= 4 is 23.9 Å². The van der Waals surface area contributed by atoms with Gasteiger partial charge in [-0.1, -0.05) is 30.3 Å². The van der Waals surface area contributed by atoms with Gasteiger partial charge in [0, 0.05) is 19.6 Å². The van der Waals surface area contributed by atoms with Gasteiger partial charge in [0.25, 0.3) is 0 Å². The van der Waals surface area contributed by atoms with Gasteiger partial charge in [-0.3, -0.25) is 24.1 Å². The summed E-state index contributed by atoms with van der Waals surface area (Å²) in [4.78, 5) is 46.9. The average molecular weight is 393 g/mol. The van der Waals surface area contributed by atoms with Gasteiger partial charge in [0.2, 0.25) is 0 Å². The van der Waals surface area contributed by atoms with Crippen molar-refractivity contribution in [3.63, 3.8) is 0 Å². The second-order valence-electron chi connectivity index (χ2n) is 6.52. The molecule has 9 heteroatoms. The van der Waals surface area contributed by atoms with Crippen LogP contribution < -0.4 is 0 Å². The molecule has 2 N–H and O–H groups in total. The van der Waals surface area contributed by atoms with Crippen LogP contribution >= 0.6 is 0 Å². The summed E-state index contributed by atoms with van der Waals surface area (Å²) in [6, 6.07) is 9.59. The Morgan fingerprint density at radius 1 is 0.821 bits per heavy atom. The number of carboxylic acid groups (broad SMARTS) is 2. The Morgan fingerprint density at radius 3 is 1.71 bits per heavy atom. The monoisotopic (exact) mass is 393 g/mol. The topological polar surface area (TPSA) is 130 Å². The summed E-state index contributed by atoms with van der Waals surface area (Å²) in [6.45, 7) is 1.21. The molecule has 0 unspecified atom stereocenters. The molecule has 0 radical (unpaired) electrons. The highest BCUT2D eigenvalue weighted by Gasteiger charge is 2.38. The molecular weight excluding hydrogens is 370 g/mol. The number of esters is 2. The van der Waals surface area contributed by atoms with Crippen molar-refractivity contribution in [1.29, 1.82) is 0 Å². The molecule has 1 saturated heterocycles. The first-order valence-electron chi connectivity index (χ1n) is 8.92. The maximum Gasteiger partial charge on any atom is 0.306 e. The predicted molar refractivity (Wildman–Crippen MR) is 95.2 cm³/mol. The highest BCUT2D eigenvalue weighted by atomic mass is 16.6. The zero-order valence-electron chi connectivity index (χ0n) is 15.3. The lowest BCUT2D eigenvalue weighted by Gasteiger charge is -2.19. The summed E-state index contributed by atoms with van der Waals surface area (Å²) in [5.74, 6) is -3.57. The molecule has 2 atom stereocenters. The number of ether oxygens (including phenoxy) is 2. The summed E-state index contributed by atoms with van der Waals surface area (Å²) in [6.07, 6.45) is -2.71. The van der Waals surface area contributed by atoms with Crippen LogP contribution in [0.2, 0.25) is 0 Å². The summed E-state index contributed by atoms with van der Waals surface area (Å²) in [5.41, 5.74) is 1.04. The maximum atomic E-state index is 11.9. The minimum Gasteiger partial charge on any atom is -0.481 e. The number of rotatable bonds is 10. The Labute approximate surface area is 161 Å². The first kappa shape index (κ1) is 21.4. The van der Waals surface area contributed by atoms with Crippen LogP contribution in [0.25, 0.3) is 0 Å².